The van der Waals surface area contributed by atoms with E-state index in [-0.39, 0.29) is 23.4 Å². The normalized spacial score (nSPS) is 15.1. The first-order valence-corrected chi connectivity index (χ1v) is 12.8. The molecule has 0 amide bonds. The molecule has 2 heterocycles. The van der Waals surface area contributed by atoms with Gasteiger partial charge in [-0.25, -0.2) is 4.39 Å². The first-order valence-electron chi connectivity index (χ1n) is 12.8. The molecule has 1 aromatic heterocycles. The van der Waals surface area contributed by atoms with Gasteiger partial charge in [-0.2, -0.15) is 5.10 Å². The number of anilines is 1. The van der Waals surface area contributed by atoms with E-state index >= 15 is 0 Å². The molecule has 6 rings (SSSR count). The van der Waals surface area contributed by atoms with Crippen LogP contribution in [0.5, 0.6) is 0 Å². The molecule has 39 heavy (non-hydrogen) atoms. The number of benzene rings is 4. The van der Waals surface area contributed by atoms with Crippen molar-refractivity contribution in [1.82, 2.24) is 0 Å². The van der Waals surface area contributed by atoms with Gasteiger partial charge < -0.3 is 4.42 Å². The molecule has 0 saturated heterocycles. The van der Waals surface area contributed by atoms with Gasteiger partial charge in [0, 0.05) is 12.0 Å². The van der Waals surface area contributed by atoms with Crippen molar-refractivity contribution in [3.05, 3.63) is 156 Å². The lowest BCUT2D eigenvalue weighted by molar-refractivity contribution is 0.102. The van der Waals surface area contributed by atoms with E-state index in [4.69, 9.17) is 9.52 Å². The van der Waals surface area contributed by atoms with Gasteiger partial charge in [-0.05, 0) is 71.3 Å². The fraction of sp³-hybridized carbons (Fsp3) is 0.0588. The average Bonchev–Trinajstić information content (AvgIpc) is 3.66. The van der Waals surface area contributed by atoms with Crippen molar-refractivity contribution in [2.24, 2.45) is 5.10 Å². The van der Waals surface area contributed by atoms with Crippen LogP contribution in [0.1, 0.15) is 39.7 Å². The van der Waals surface area contributed by atoms with Crippen LogP contribution in [0.3, 0.4) is 0 Å². The molecular formula is C34H25FN2O2. The minimum atomic E-state index is -0.320. The summed E-state index contributed by atoms with van der Waals surface area (Å²) >= 11 is 0. The Morgan fingerprint density at radius 1 is 0.795 bits per heavy atom. The number of allylic oxidation sites excluding steroid dienone is 1. The van der Waals surface area contributed by atoms with Crippen LogP contribution in [0.2, 0.25) is 0 Å². The van der Waals surface area contributed by atoms with Crippen LogP contribution in [-0.4, -0.2) is 11.5 Å². The topological polar surface area (TPSA) is 45.8 Å². The first kappa shape index (κ1) is 24.3. The third-order valence-corrected chi connectivity index (χ3v) is 6.76. The fourth-order valence-electron chi connectivity index (χ4n) is 4.72. The van der Waals surface area contributed by atoms with Gasteiger partial charge in [0.05, 0.1) is 17.4 Å². The zero-order valence-electron chi connectivity index (χ0n) is 21.1. The Balaban J connectivity index is 1.20. The van der Waals surface area contributed by atoms with Gasteiger partial charge in [-0.3, -0.25) is 9.80 Å². The van der Waals surface area contributed by atoms with Crippen LogP contribution >= 0.6 is 0 Å². The van der Waals surface area contributed by atoms with Gasteiger partial charge in [0.2, 0.25) is 5.78 Å². The van der Waals surface area contributed by atoms with Crippen LogP contribution in [0.4, 0.5) is 10.1 Å². The Hall–Kier alpha value is -5.03. The first-order chi connectivity index (χ1) is 19.1. The molecular weight excluding hydrogens is 487 g/mol. The van der Waals surface area contributed by atoms with Gasteiger partial charge in [-0.1, -0.05) is 78.9 Å². The summed E-state index contributed by atoms with van der Waals surface area (Å²) in [6, 6.07) is 38.1. The zero-order chi connectivity index (χ0) is 26.6. The number of nitrogens with zero attached hydrogens (tertiary/aromatic N) is 2. The van der Waals surface area contributed by atoms with Gasteiger partial charge >= 0.3 is 0 Å². The maximum Gasteiger partial charge on any atom is 0.221 e. The van der Waals surface area contributed by atoms with Gasteiger partial charge in [0.1, 0.15) is 11.6 Å². The van der Waals surface area contributed by atoms with Crippen LogP contribution in [0.25, 0.3) is 17.4 Å². The van der Waals surface area contributed by atoms with Crippen LogP contribution < -0.4 is 5.01 Å². The number of carbonyl (C=O) groups is 1. The average molecular weight is 513 g/mol. The molecule has 1 unspecified atom stereocenters. The molecule has 0 bridgehead atoms. The lowest BCUT2D eigenvalue weighted by Gasteiger charge is -2.24. The monoisotopic (exact) mass is 512 g/mol. The maximum absolute atomic E-state index is 13.2. The number of carbonyl (C=O) groups excluding carboxylic acids is 1. The summed E-state index contributed by atoms with van der Waals surface area (Å²) in [5, 5.41) is 7.09. The third-order valence-electron chi connectivity index (χ3n) is 6.76. The van der Waals surface area contributed by atoms with Crippen molar-refractivity contribution < 1.29 is 13.6 Å². The fourth-order valence-corrected chi connectivity index (χ4v) is 4.72. The maximum atomic E-state index is 13.2. The van der Waals surface area contributed by atoms with Gasteiger partial charge in [0.25, 0.3) is 0 Å². The predicted octanol–water partition coefficient (Wildman–Crippen LogP) is 8.34. The number of rotatable bonds is 7. The van der Waals surface area contributed by atoms with Crippen LogP contribution in [0.15, 0.2) is 137 Å². The Labute approximate surface area is 226 Å². The summed E-state index contributed by atoms with van der Waals surface area (Å²) in [6.07, 6.45) is 4.08. The molecule has 0 saturated carbocycles. The van der Waals surface area contributed by atoms with Crippen molar-refractivity contribution in [3.8, 4) is 11.3 Å². The molecule has 4 nitrogen and oxygen atoms in total. The van der Waals surface area contributed by atoms with Crippen molar-refractivity contribution in [2.45, 2.75) is 12.5 Å². The van der Waals surface area contributed by atoms with E-state index < -0.39 is 0 Å². The Morgan fingerprint density at radius 2 is 1.49 bits per heavy atom. The molecule has 0 radical (unpaired) electrons. The summed E-state index contributed by atoms with van der Waals surface area (Å²) in [7, 11) is 0. The summed E-state index contributed by atoms with van der Waals surface area (Å²) in [5.41, 5.74) is 5.97. The van der Waals surface area contributed by atoms with Gasteiger partial charge in [0.15, 0.2) is 5.76 Å². The molecule has 4 aromatic carbocycles. The van der Waals surface area contributed by atoms with Crippen molar-refractivity contribution in [1.29, 1.82) is 0 Å². The van der Waals surface area contributed by atoms with E-state index in [0.29, 0.717) is 11.3 Å². The summed E-state index contributed by atoms with van der Waals surface area (Å²) < 4.78 is 18.9. The minimum Gasteiger partial charge on any atom is -0.453 e. The van der Waals surface area contributed by atoms with E-state index in [2.05, 4.69) is 41.4 Å². The van der Waals surface area contributed by atoms with E-state index in [9.17, 15) is 9.18 Å². The molecule has 190 valence electrons. The molecule has 0 fully saturated rings. The molecule has 0 spiro atoms. The number of hydrogen-bond acceptors (Lipinski definition) is 4. The third kappa shape index (κ3) is 5.34. The number of hydrazone groups is 1. The molecule has 0 aliphatic carbocycles. The Kier molecular flexibility index (Phi) is 6.71. The lowest BCUT2D eigenvalue weighted by atomic mass is 9.98. The quantitative estimate of drug-likeness (QED) is 0.163. The Bertz CT molecular complexity index is 1640. The molecule has 5 aromatic rings. The summed E-state index contributed by atoms with van der Waals surface area (Å²) in [6.45, 7) is 0. The van der Waals surface area contributed by atoms with E-state index in [0.717, 1.165) is 28.9 Å². The highest BCUT2D eigenvalue weighted by molar-refractivity contribution is 6.05. The van der Waals surface area contributed by atoms with Crippen LogP contribution in [-0.2, 0) is 0 Å². The molecule has 1 aliphatic heterocycles. The second-order valence-corrected chi connectivity index (χ2v) is 9.35. The van der Waals surface area contributed by atoms with E-state index in [1.54, 1.807) is 30.3 Å². The highest BCUT2D eigenvalue weighted by Crippen LogP contribution is 2.36. The van der Waals surface area contributed by atoms with E-state index in [1.165, 1.54) is 23.8 Å². The number of hydrogen-bond donors (Lipinski definition) is 0. The molecule has 1 atom stereocenters. The van der Waals surface area contributed by atoms with Crippen LogP contribution in [0, 0.1) is 5.82 Å². The number of furan rings is 1. The predicted molar refractivity (Wildman–Crippen MR) is 153 cm³/mol. The molecule has 1 aliphatic rings. The standard InChI is InChI=1S/C34H25FN2O2/c35-28-16-14-27(15-17-28)33-21-22-34(39-33)32(38)20-13-24-11-18-29(19-12-24)37-31(26-9-5-2-6-10-26)23-30(36-37)25-7-3-1-4-8-25/h1-22,31H,23H2/b20-13+. The minimum absolute atomic E-state index is 0.0960. The smallest absolute Gasteiger partial charge is 0.221 e. The number of halogens is 1. The Morgan fingerprint density at radius 3 is 2.21 bits per heavy atom. The summed E-state index contributed by atoms with van der Waals surface area (Å²) in [4.78, 5) is 12.7. The van der Waals surface area contributed by atoms with Crippen molar-refractivity contribution in [2.75, 3.05) is 5.01 Å². The zero-order valence-corrected chi connectivity index (χ0v) is 21.1. The largest absolute Gasteiger partial charge is 0.453 e. The van der Waals surface area contributed by atoms with Gasteiger partial charge in [-0.15, -0.1) is 0 Å². The van der Waals surface area contributed by atoms with Crippen molar-refractivity contribution >= 4 is 23.3 Å². The molecule has 5 heteroatoms. The summed E-state index contributed by atoms with van der Waals surface area (Å²) in [5.74, 6) is 0.186. The SMILES string of the molecule is O=C(/C=C/c1ccc(N2N=C(c3ccccc3)CC2c2ccccc2)cc1)c1ccc(-c2ccc(F)cc2)o1. The second-order valence-electron chi connectivity index (χ2n) is 9.35. The second kappa shape index (κ2) is 10.8. The lowest BCUT2D eigenvalue weighted by Crippen LogP contribution is -2.18. The highest BCUT2D eigenvalue weighted by atomic mass is 19.1. The highest BCUT2D eigenvalue weighted by Gasteiger charge is 2.29. The van der Waals surface area contributed by atoms with E-state index in [1.807, 2.05) is 48.5 Å². The molecule has 0 N–H and O–H groups in total. The number of ketones is 1. The van der Waals surface area contributed by atoms with Crippen molar-refractivity contribution in [3.63, 3.8) is 0 Å².